The van der Waals surface area contributed by atoms with Crippen LogP contribution in [0.3, 0.4) is 0 Å². The predicted molar refractivity (Wildman–Crippen MR) is 93.1 cm³/mol. The number of carboxylic acids is 1. The molecule has 0 aliphatic heterocycles. The second-order valence-corrected chi connectivity index (χ2v) is 7.22. The first-order valence-electron chi connectivity index (χ1n) is 8.74. The second-order valence-electron chi connectivity index (χ2n) is 7.22. The SMILES string of the molecule is Cn1c(NC2CC(N(CC(=O)O)CC3CC3)C2)nc2ccccc21. The number of carboxylic acid groups (broad SMARTS) is 1. The monoisotopic (exact) mass is 328 g/mol. The number of anilines is 1. The molecule has 2 aliphatic rings. The van der Waals surface area contributed by atoms with Gasteiger partial charge in [0.15, 0.2) is 0 Å². The summed E-state index contributed by atoms with van der Waals surface area (Å²) in [6.45, 7) is 1.11. The Morgan fingerprint density at radius 2 is 2.12 bits per heavy atom. The molecule has 2 aliphatic carbocycles. The van der Waals surface area contributed by atoms with E-state index in [4.69, 9.17) is 5.11 Å². The fourth-order valence-electron chi connectivity index (χ4n) is 3.61. The lowest BCUT2D eigenvalue weighted by atomic mass is 9.85. The quantitative estimate of drug-likeness (QED) is 0.816. The van der Waals surface area contributed by atoms with Crippen LogP contribution in [0.15, 0.2) is 24.3 Å². The van der Waals surface area contributed by atoms with E-state index < -0.39 is 5.97 Å². The minimum Gasteiger partial charge on any atom is -0.480 e. The molecule has 0 saturated heterocycles. The van der Waals surface area contributed by atoms with Gasteiger partial charge in [-0.2, -0.15) is 0 Å². The van der Waals surface area contributed by atoms with E-state index in [0.29, 0.717) is 12.1 Å². The molecule has 6 heteroatoms. The van der Waals surface area contributed by atoms with Crippen molar-refractivity contribution in [1.29, 1.82) is 0 Å². The number of carbonyl (C=O) groups is 1. The number of benzene rings is 1. The lowest BCUT2D eigenvalue weighted by molar-refractivity contribution is -0.139. The summed E-state index contributed by atoms with van der Waals surface area (Å²) in [6, 6.07) is 8.87. The van der Waals surface area contributed by atoms with Gasteiger partial charge < -0.3 is 15.0 Å². The van der Waals surface area contributed by atoms with E-state index in [0.717, 1.165) is 42.3 Å². The minimum atomic E-state index is -0.720. The molecule has 0 unspecified atom stereocenters. The average Bonchev–Trinajstić information content (AvgIpc) is 3.26. The smallest absolute Gasteiger partial charge is 0.317 e. The maximum atomic E-state index is 11.1. The van der Waals surface area contributed by atoms with Crippen LogP contribution in [0.5, 0.6) is 0 Å². The number of nitrogens with zero attached hydrogens (tertiary/aromatic N) is 3. The molecule has 0 spiro atoms. The lowest BCUT2D eigenvalue weighted by Gasteiger charge is -2.42. The third kappa shape index (κ3) is 3.11. The molecular formula is C18H24N4O2. The summed E-state index contributed by atoms with van der Waals surface area (Å²) in [5.74, 6) is 0.894. The third-order valence-corrected chi connectivity index (χ3v) is 5.28. The standard InChI is InChI=1S/C18H24N4O2/c1-21-16-5-3-2-4-15(16)20-18(21)19-13-8-14(9-13)22(11-17(23)24)10-12-6-7-12/h2-5,12-14H,6-11H2,1H3,(H,19,20)(H,23,24). The first kappa shape index (κ1) is 15.4. The van der Waals surface area contributed by atoms with Gasteiger partial charge in [0.2, 0.25) is 5.95 Å². The van der Waals surface area contributed by atoms with E-state index in [1.54, 1.807) is 0 Å². The Hall–Kier alpha value is -2.08. The third-order valence-electron chi connectivity index (χ3n) is 5.28. The normalized spacial score (nSPS) is 23.4. The molecule has 24 heavy (non-hydrogen) atoms. The number of imidazole rings is 1. The molecule has 0 radical (unpaired) electrons. The van der Waals surface area contributed by atoms with Gasteiger partial charge in [0.25, 0.3) is 0 Å². The number of aromatic nitrogens is 2. The molecule has 128 valence electrons. The highest BCUT2D eigenvalue weighted by atomic mass is 16.4. The molecule has 0 amide bonds. The molecule has 4 rings (SSSR count). The number of nitrogens with one attached hydrogen (secondary N) is 1. The highest BCUT2D eigenvalue weighted by molar-refractivity contribution is 5.78. The van der Waals surface area contributed by atoms with Crippen molar-refractivity contribution in [3.63, 3.8) is 0 Å². The topological polar surface area (TPSA) is 70.4 Å². The molecule has 2 aromatic rings. The van der Waals surface area contributed by atoms with Crippen molar-refractivity contribution < 1.29 is 9.90 Å². The number of hydrogen-bond donors (Lipinski definition) is 2. The van der Waals surface area contributed by atoms with E-state index in [1.165, 1.54) is 12.8 Å². The zero-order valence-electron chi connectivity index (χ0n) is 14.0. The second kappa shape index (κ2) is 6.09. The minimum absolute atomic E-state index is 0.167. The van der Waals surface area contributed by atoms with Crippen molar-refractivity contribution in [2.75, 3.05) is 18.4 Å². The van der Waals surface area contributed by atoms with Gasteiger partial charge in [-0.1, -0.05) is 12.1 Å². The van der Waals surface area contributed by atoms with Crippen molar-refractivity contribution in [3.05, 3.63) is 24.3 Å². The Bertz CT molecular complexity index is 747. The van der Waals surface area contributed by atoms with Crippen molar-refractivity contribution in [2.24, 2.45) is 13.0 Å². The van der Waals surface area contributed by atoms with E-state index in [-0.39, 0.29) is 6.54 Å². The number of hydrogen-bond acceptors (Lipinski definition) is 4. The van der Waals surface area contributed by atoms with Crippen LogP contribution in [0.2, 0.25) is 0 Å². The summed E-state index contributed by atoms with van der Waals surface area (Å²) in [6.07, 6.45) is 4.49. The summed E-state index contributed by atoms with van der Waals surface area (Å²) >= 11 is 0. The van der Waals surface area contributed by atoms with Gasteiger partial charge in [0.1, 0.15) is 0 Å². The molecule has 2 N–H and O–H groups in total. The number of para-hydroxylation sites is 2. The Kier molecular flexibility index (Phi) is 3.92. The Balaban J connectivity index is 1.37. The van der Waals surface area contributed by atoms with E-state index in [9.17, 15) is 4.79 Å². The first-order chi connectivity index (χ1) is 11.6. The highest BCUT2D eigenvalue weighted by Crippen LogP contribution is 2.34. The Morgan fingerprint density at radius 1 is 1.38 bits per heavy atom. The van der Waals surface area contributed by atoms with Crippen molar-refractivity contribution in [3.8, 4) is 0 Å². The van der Waals surface area contributed by atoms with Crippen LogP contribution in [-0.2, 0) is 11.8 Å². The summed E-state index contributed by atoms with van der Waals surface area (Å²) in [4.78, 5) is 17.9. The molecule has 0 atom stereocenters. The molecule has 1 heterocycles. The maximum absolute atomic E-state index is 11.1. The zero-order valence-corrected chi connectivity index (χ0v) is 14.0. The van der Waals surface area contributed by atoms with E-state index in [2.05, 4.69) is 25.8 Å². The largest absolute Gasteiger partial charge is 0.480 e. The van der Waals surface area contributed by atoms with Crippen molar-refractivity contribution >= 4 is 23.0 Å². The fourth-order valence-corrected chi connectivity index (χ4v) is 3.61. The number of fused-ring (bicyclic) bond motifs is 1. The predicted octanol–water partition coefficient (Wildman–Crippen LogP) is 2.31. The fraction of sp³-hybridized carbons (Fsp3) is 0.556. The van der Waals surface area contributed by atoms with Crippen LogP contribution in [0, 0.1) is 5.92 Å². The van der Waals surface area contributed by atoms with Crippen LogP contribution < -0.4 is 5.32 Å². The molecule has 2 saturated carbocycles. The number of aryl methyl sites for hydroxylation is 1. The molecule has 1 aromatic carbocycles. The molecule has 1 aromatic heterocycles. The van der Waals surface area contributed by atoms with Crippen LogP contribution >= 0.6 is 0 Å². The Morgan fingerprint density at radius 3 is 2.79 bits per heavy atom. The molecular weight excluding hydrogens is 304 g/mol. The maximum Gasteiger partial charge on any atom is 0.317 e. The van der Waals surface area contributed by atoms with Gasteiger partial charge in [-0.3, -0.25) is 9.69 Å². The van der Waals surface area contributed by atoms with Gasteiger partial charge >= 0.3 is 5.97 Å². The lowest BCUT2D eigenvalue weighted by Crippen LogP contribution is -2.52. The van der Waals surface area contributed by atoms with Crippen molar-refractivity contribution in [2.45, 2.75) is 37.8 Å². The zero-order chi connectivity index (χ0) is 16.7. The van der Waals surface area contributed by atoms with E-state index >= 15 is 0 Å². The van der Waals surface area contributed by atoms with Gasteiger partial charge in [0, 0.05) is 25.7 Å². The molecule has 2 fully saturated rings. The summed E-state index contributed by atoms with van der Waals surface area (Å²) in [5, 5.41) is 12.7. The van der Waals surface area contributed by atoms with E-state index in [1.807, 2.05) is 25.2 Å². The molecule has 6 nitrogen and oxygen atoms in total. The van der Waals surface area contributed by atoms with Crippen LogP contribution in [0.1, 0.15) is 25.7 Å². The van der Waals surface area contributed by atoms with Gasteiger partial charge in [-0.05, 0) is 43.7 Å². The average molecular weight is 328 g/mol. The Labute approximate surface area is 141 Å². The van der Waals surface area contributed by atoms with Gasteiger partial charge in [0.05, 0.1) is 17.6 Å². The van der Waals surface area contributed by atoms with Gasteiger partial charge in [-0.25, -0.2) is 4.98 Å². The summed E-state index contributed by atoms with van der Waals surface area (Å²) in [7, 11) is 2.03. The van der Waals surface area contributed by atoms with Crippen LogP contribution in [0.25, 0.3) is 11.0 Å². The van der Waals surface area contributed by atoms with Crippen LogP contribution in [0.4, 0.5) is 5.95 Å². The summed E-state index contributed by atoms with van der Waals surface area (Å²) < 4.78 is 2.09. The van der Waals surface area contributed by atoms with Crippen molar-refractivity contribution in [1.82, 2.24) is 14.5 Å². The first-order valence-corrected chi connectivity index (χ1v) is 8.74. The van der Waals surface area contributed by atoms with Crippen LogP contribution in [-0.4, -0.2) is 50.7 Å². The number of rotatable bonds is 7. The number of aliphatic carboxylic acids is 1. The highest BCUT2D eigenvalue weighted by Gasteiger charge is 2.37. The van der Waals surface area contributed by atoms with Gasteiger partial charge in [-0.15, -0.1) is 0 Å². The molecule has 0 bridgehead atoms. The summed E-state index contributed by atoms with van der Waals surface area (Å²) in [5.41, 5.74) is 2.12.